The molecule has 1 unspecified atom stereocenters. The number of nitrogens with zero attached hydrogens (tertiary/aromatic N) is 4. The van der Waals surface area contributed by atoms with Crippen molar-refractivity contribution in [3.8, 4) is 11.4 Å². The number of carboxylic acid groups (broad SMARTS) is 1. The number of carboxylic acids is 1. The van der Waals surface area contributed by atoms with E-state index in [1.54, 1.807) is 10.7 Å². The molecule has 0 aliphatic rings. The van der Waals surface area contributed by atoms with Crippen LogP contribution < -0.4 is 0 Å². The molecule has 8 heteroatoms. The molecule has 106 valence electrons. The fourth-order valence-electron chi connectivity index (χ4n) is 1.83. The second kappa shape index (κ2) is 6.49. The summed E-state index contributed by atoms with van der Waals surface area (Å²) in [6, 6.07) is 5.57. The van der Waals surface area contributed by atoms with Gasteiger partial charge in [0.25, 0.3) is 0 Å². The van der Waals surface area contributed by atoms with Crippen LogP contribution in [0.1, 0.15) is 13.3 Å². The Kier molecular flexibility index (Phi) is 4.92. The molecule has 0 saturated carbocycles. The van der Waals surface area contributed by atoms with Gasteiger partial charge in [0.15, 0.2) is 5.82 Å². The summed E-state index contributed by atoms with van der Waals surface area (Å²) in [4.78, 5) is 10.7. The average molecular weight is 407 g/mol. The molecule has 1 atom stereocenters. The van der Waals surface area contributed by atoms with E-state index in [1.807, 2.05) is 19.1 Å². The topological polar surface area (TPSA) is 80.9 Å². The minimum atomic E-state index is -0.829. The molecule has 0 aliphatic carbocycles. The molecular formula is C12H12ClIN4O2. The Morgan fingerprint density at radius 2 is 2.30 bits per heavy atom. The quantitative estimate of drug-likeness (QED) is 0.772. The van der Waals surface area contributed by atoms with Gasteiger partial charge in [0, 0.05) is 22.1 Å². The lowest BCUT2D eigenvalue weighted by atomic mass is 10.1. The Labute approximate surface area is 134 Å². The van der Waals surface area contributed by atoms with Crippen molar-refractivity contribution in [2.75, 3.05) is 0 Å². The summed E-state index contributed by atoms with van der Waals surface area (Å²) in [5.74, 6) is -0.306. The summed E-state index contributed by atoms with van der Waals surface area (Å²) in [5.41, 5.74) is 0.808. The first-order valence-electron chi connectivity index (χ1n) is 5.90. The van der Waals surface area contributed by atoms with Crippen molar-refractivity contribution in [2.24, 2.45) is 5.92 Å². The van der Waals surface area contributed by atoms with Crippen LogP contribution in [0.2, 0.25) is 5.02 Å². The zero-order valence-electron chi connectivity index (χ0n) is 10.6. The maximum Gasteiger partial charge on any atom is 0.303 e. The van der Waals surface area contributed by atoms with Crippen LogP contribution in [0, 0.1) is 9.49 Å². The SMILES string of the molecule is CC(CC(=O)O)Cn1nnnc1-c1ccc(I)c(Cl)c1. The number of tetrazole rings is 1. The van der Waals surface area contributed by atoms with Crippen molar-refractivity contribution in [3.05, 3.63) is 26.8 Å². The van der Waals surface area contributed by atoms with Crippen molar-refractivity contribution >= 4 is 40.2 Å². The van der Waals surface area contributed by atoms with E-state index < -0.39 is 5.97 Å². The molecule has 1 heterocycles. The second-order valence-electron chi connectivity index (χ2n) is 4.52. The van der Waals surface area contributed by atoms with E-state index in [2.05, 4.69) is 38.1 Å². The lowest BCUT2D eigenvalue weighted by molar-refractivity contribution is -0.138. The maximum atomic E-state index is 10.7. The van der Waals surface area contributed by atoms with Crippen LogP contribution in [0.25, 0.3) is 11.4 Å². The fourth-order valence-corrected chi connectivity index (χ4v) is 2.34. The van der Waals surface area contributed by atoms with Gasteiger partial charge < -0.3 is 5.11 Å². The highest BCUT2D eigenvalue weighted by molar-refractivity contribution is 14.1. The molecule has 20 heavy (non-hydrogen) atoms. The van der Waals surface area contributed by atoms with E-state index in [-0.39, 0.29) is 12.3 Å². The summed E-state index contributed by atoms with van der Waals surface area (Å²) in [6.07, 6.45) is 0.0761. The zero-order valence-corrected chi connectivity index (χ0v) is 13.5. The van der Waals surface area contributed by atoms with Crippen molar-refractivity contribution in [2.45, 2.75) is 19.9 Å². The van der Waals surface area contributed by atoms with E-state index >= 15 is 0 Å². The first-order valence-corrected chi connectivity index (χ1v) is 7.36. The van der Waals surface area contributed by atoms with Crippen molar-refractivity contribution < 1.29 is 9.90 Å². The molecule has 0 amide bonds. The van der Waals surface area contributed by atoms with Gasteiger partial charge in [0.2, 0.25) is 0 Å². The largest absolute Gasteiger partial charge is 0.481 e. The van der Waals surface area contributed by atoms with Crippen molar-refractivity contribution in [3.63, 3.8) is 0 Å². The van der Waals surface area contributed by atoms with Gasteiger partial charge in [-0.25, -0.2) is 4.68 Å². The predicted octanol–water partition coefficient (Wildman–Crippen LogP) is 2.71. The third-order valence-corrected chi connectivity index (χ3v) is 4.29. The van der Waals surface area contributed by atoms with Gasteiger partial charge in [0.05, 0.1) is 5.02 Å². The number of rotatable bonds is 5. The van der Waals surface area contributed by atoms with Gasteiger partial charge in [-0.1, -0.05) is 18.5 Å². The Morgan fingerprint density at radius 1 is 1.55 bits per heavy atom. The number of carbonyl (C=O) groups is 1. The van der Waals surface area contributed by atoms with Crippen LogP contribution in [-0.2, 0) is 11.3 Å². The van der Waals surface area contributed by atoms with Crippen LogP contribution in [0.5, 0.6) is 0 Å². The van der Waals surface area contributed by atoms with Gasteiger partial charge >= 0.3 is 5.97 Å². The summed E-state index contributed by atoms with van der Waals surface area (Å²) < 4.78 is 2.55. The minimum Gasteiger partial charge on any atom is -0.481 e. The lowest BCUT2D eigenvalue weighted by Crippen LogP contribution is -2.14. The molecular weight excluding hydrogens is 395 g/mol. The van der Waals surface area contributed by atoms with Crippen LogP contribution in [0.15, 0.2) is 18.2 Å². The molecule has 6 nitrogen and oxygen atoms in total. The summed E-state index contributed by atoms with van der Waals surface area (Å²) in [7, 11) is 0. The molecule has 1 aromatic heterocycles. The molecule has 2 aromatic rings. The maximum absolute atomic E-state index is 10.7. The van der Waals surface area contributed by atoms with Gasteiger partial charge in [-0.3, -0.25) is 4.79 Å². The first-order chi connectivity index (χ1) is 9.47. The number of halogens is 2. The molecule has 0 bridgehead atoms. The Morgan fingerprint density at radius 3 is 2.95 bits per heavy atom. The number of hydrogen-bond donors (Lipinski definition) is 1. The normalized spacial score (nSPS) is 12.3. The second-order valence-corrected chi connectivity index (χ2v) is 6.09. The summed E-state index contributed by atoms with van der Waals surface area (Å²) in [6.45, 7) is 2.29. The van der Waals surface area contributed by atoms with E-state index in [0.717, 1.165) is 9.13 Å². The first kappa shape index (κ1) is 15.2. The van der Waals surface area contributed by atoms with Gasteiger partial charge in [0.1, 0.15) is 0 Å². The molecule has 1 aromatic carbocycles. The lowest BCUT2D eigenvalue weighted by Gasteiger charge is -2.10. The summed E-state index contributed by atoms with van der Waals surface area (Å²) in [5, 5.41) is 21.0. The molecule has 1 N–H and O–H groups in total. The predicted molar refractivity (Wildman–Crippen MR) is 82.4 cm³/mol. The molecule has 0 radical (unpaired) electrons. The van der Waals surface area contributed by atoms with Gasteiger partial charge in [-0.05, 0) is 57.1 Å². The van der Waals surface area contributed by atoms with E-state index in [9.17, 15) is 4.79 Å². The Hall–Kier alpha value is -1.22. The molecule has 0 aliphatic heterocycles. The van der Waals surface area contributed by atoms with Crippen molar-refractivity contribution in [1.29, 1.82) is 0 Å². The van der Waals surface area contributed by atoms with Gasteiger partial charge in [-0.2, -0.15) is 0 Å². The van der Waals surface area contributed by atoms with E-state index in [1.165, 1.54) is 0 Å². The third-order valence-electron chi connectivity index (χ3n) is 2.72. The molecule has 2 rings (SSSR count). The molecule has 0 fully saturated rings. The Balaban J connectivity index is 2.23. The highest BCUT2D eigenvalue weighted by atomic mass is 127. The number of aliphatic carboxylic acids is 1. The van der Waals surface area contributed by atoms with Crippen LogP contribution in [0.4, 0.5) is 0 Å². The van der Waals surface area contributed by atoms with Crippen LogP contribution >= 0.6 is 34.2 Å². The van der Waals surface area contributed by atoms with Crippen LogP contribution in [-0.4, -0.2) is 31.3 Å². The zero-order chi connectivity index (χ0) is 14.7. The van der Waals surface area contributed by atoms with E-state index in [0.29, 0.717) is 17.4 Å². The monoisotopic (exact) mass is 406 g/mol. The average Bonchev–Trinajstić information content (AvgIpc) is 2.79. The minimum absolute atomic E-state index is 0.0610. The third kappa shape index (κ3) is 3.66. The van der Waals surface area contributed by atoms with Crippen LogP contribution in [0.3, 0.4) is 0 Å². The summed E-state index contributed by atoms with van der Waals surface area (Å²) >= 11 is 8.24. The number of benzene rings is 1. The fraction of sp³-hybridized carbons (Fsp3) is 0.333. The standard InChI is InChI=1S/C12H12ClIN4O2/c1-7(4-11(19)20)6-18-12(15-16-17-18)8-2-3-10(14)9(13)5-8/h2-3,5,7H,4,6H2,1H3,(H,19,20). The number of aromatic nitrogens is 4. The van der Waals surface area contributed by atoms with E-state index in [4.69, 9.17) is 16.7 Å². The highest BCUT2D eigenvalue weighted by Crippen LogP contribution is 2.25. The molecule has 0 spiro atoms. The van der Waals surface area contributed by atoms with Crippen molar-refractivity contribution in [1.82, 2.24) is 20.2 Å². The highest BCUT2D eigenvalue weighted by Gasteiger charge is 2.14. The van der Waals surface area contributed by atoms with Gasteiger partial charge in [-0.15, -0.1) is 5.10 Å². The Bertz CT molecular complexity index is 632. The number of hydrogen-bond acceptors (Lipinski definition) is 4. The molecule has 0 saturated heterocycles. The smallest absolute Gasteiger partial charge is 0.303 e.